The van der Waals surface area contributed by atoms with Gasteiger partial charge < -0.3 is 135 Å². The molecule has 5 amide bonds. The van der Waals surface area contributed by atoms with Gasteiger partial charge in [-0.1, -0.05) is 64.4 Å². The van der Waals surface area contributed by atoms with Gasteiger partial charge in [-0.25, -0.2) is 0 Å². The molecule has 25 atom stereocenters. The van der Waals surface area contributed by atoms with Gasteiger partial charge in [0, 0.05) is 33.3 Å². The summed E-state index contributed by atoms with van der Waals surface area (Å²) in [5.41, 5.74) is 0.0716. The predicted molar refractivity (Wildman–Crippen MR) is 297 cm³/mol. The lowest BCUT2D eigenvalue weighted by Gasteiger charge is -2.51. The Bertz CT molecular complexity index is 2350. The first-order valence-electron chi connectivity index (χ1n) is 29.8. The SMILES string of the molecule is CCCCCCCCCCCOc1cccc(C(=O)N[C@@H]2C(O[C@H]3C(O)C(NC(C)=O)C(OC4C(CO)O[C@@H](O[C@H]5C(O)C(NC(C)=O)C(OC6C(CO)O[C@@H](O)[C@@H](NC(C)=O)[C@H]6O)O[C@H]5CO)[C@@H](NC(C)=O)[C@H]4O)O[C@H]3CO)OC(CO)[C@@H](O)[C@@H]2O)c1. The molecule has 502 valence electrons. The van der Waals surface area contributed by atoms with Crippen LogP contribution in [0, 0.1) is 0 Å². The van der Waals surface area contributed by atoms with Gasteiger partial charge in [0.2, 0.25) is 23.6 Å². The van der Waals surface area contributed by atoms with Gasteiger partial charge in [-0.05, 0) is 24.6 Å². The Labute approximate surface area is 508 Å². The van der Waals surface area contributed by atoms with Crippen LogP contribution in [0.15, 0.2) is 24.3 Å². The summed E-state index contributed by atoms with van der Waals surface area (Å²) < 4.78 is 59.9. The molecule has 0 radical (unpaired) electrons. The van der Waals surface area contributed by atoms with Crippen molar-refractivity contribution in [3.05, 3.63) is 29.8 Å². The molecule has 0 bridgehead atoms. The molecule has 5 aliphatic heterocycles. The van der Waals surface area contributed by atoms with E-state index in [0.717, 1.165) is 53.4 Å². The summed E-state index contributed by atoms with van der Waals surface area (Å²) in [4.78, 5) is 64.1. The van der Waals surface area contributed by atoms with Gasteiger partial charge in [0.15, 0.2) is 31.5 Å². The third-order valence-corrected chi connectivity index (χ3v) is 15.9. The lowest BCUT2D eigenvalue weighted by Crippen LogP contribution is -2.72. The second-order valence-electron chi connectivity index (χ2n) is 22.6. The minimum Gasteiger partial charge on any atom is -0.494 e. The molecule has 0 spiro atoms. The maximum Gasteiger partial charge on any atom is 0.251 e. The minimum atomic E-state index is -2.03. The summed E-state index contributed by atoms with van der Waals surface area (Å²) in [5, 5.41) is 145. The Balaban J connectivity index is 1.18. The van der Waals surface area contributed by atoms with Crippen LogP contribution in [0.4, 0.5) is 0 Å². The van der Waals surface area contributed by atoms with E-state index in [9.17, 15) is 85.3 Å². The summed E-state index contributed by atoms with van der Waals surface area (Å²) in [6, 6.07) is -2.10. The number of carbonyl (C=O) groups excluding carboxylic acids is 5. The van der Waals surface area contributed by atoms with Crippen molar-refractivity contribution < 1.29 is 133 Å². The number of nitrogens with one attached hydrogen (secondary N) is 5. The lowest BCUT2D eigenvalue weighted by atomic mass is 9.93. The monoisotopic (exact) mass is 1270 g/mol. The fourth-order valence-electron chi connectivity index (χ4n) is 11.4. The van der Waals surface area contributed by atoms with Crippen LogP contribution in [0.1, 0.15) is 103 Å². The summed E-state index contributed by atoms with van der Waals surface area (Å²) in [6.07, 6.45) is -25.8. The Kier molecular flexibility index (Phi) is 28.7. The topological polar surface area (TPSA) is 481 Å². The first-order chi connectivity index (χ1) is 42.0. The average molecular weight is 1270 g/mol. The number of carbonyl (C=O) groups is 5. The number of amides is 5. The van der Waals surface area contributed by atoms with Gasteiger partial charge in [-0.3, -0.25) is 24.0 Å². The molecule has 5 heterocycles. The Morgan fingerprint density at radius 3 is 1.15 bits per heavy atom. The van der Waals surface area contributed by atoms with Crippen LogP contribution in [0.2, 0.25) is 0 Å². The van der Waals surface area contributed by atoms with Crippen molar-refractivity contribution in [1.29, 1.82) is 0 Å². The summed E-state index contributed by atoms with van der Waals surface area (Å²) in [7, 11) is 0. The third kappa shape index (κ3) is 18.8. The molecule has 0 aromatic heterocycles. The van der Waals surface area contributed by atoms with Gasteiger partial charge in [-0.2, -0.15) is 0 Å². The highest BCUT2D eigenvalue weighted by Gasteiger charge is 2.58. The Morgan fingerprint density at radius 1 is 0.420 bits per heavy atom. The van der Waals surface area contributed by atoms with E-state index in [-0.39, 0.29) is 5.56 Å². The van der Waals surface area contributed by atoms with Crippen molar-refractivity contribution in [3.63, 3.8) is 0 Å². The number of hydrogen-bond donors (Lipinski definition) is 17. The summed E-state index contributed by atoms with van der Waals surface area (Å²) >= 11 is 0. The van der Waals surface area contributed by atoms with Crippen LogP contribution in [0.3, 0.4) is 0 Å². The van der Waals surface area contributed by atoms with Crippen LogP contribution in [-0.4, -0.2) is 284 Å². The molecule has 6 rings (SSSR count). The predicted octanol–water partition coefficient (Wildman–Crippen LogP) is -6.00. The van der Waals surface area contributed by atoms with Crippen molar-refractivity contribution in [2.24, 2.45) is 0 Å². The average Bonchev–Trinajstić information content (AvgIpc) is 1.44. The summed E-state index contributed by atoms with van der Waals surface area (Å²) in [5.74, 6) is -3.50. The smallest absolute Gasteiger partial charge is 0.251 e. The quantitative estimate of drug-likeness (QED) is 0.0319. The van der Waals surface area contributed by atoms with Gasteiger partial charge >= 0.3 is 0 Å². The zero-order chi connectivity index (χ0) is 64.5. The van der Waals surface area contributed by atoms with Crippen LogP contribution >= 0.6 is 0 Å². The number of hydrogen-bond acceptors (Lipinski definition) is 27. The zero-order valence-electron chi connectivity index (χ0n) is 49.8. The standard InChI is InChI=1S/C56H91N5O27/c1-6-7-8-9-10-11-12-13-14-18-79-30-17-15-16-29(19-30)51(77)61-37-42(72)41(71)31(20-62)81-53(37)86-48-33(22-64)83-55(39(44(48)74)59-27(4)69)88-50-35(24-66)84-56(40(46(50)76)60-28(5)70)87-49-34(23-65)82-54(38(45(49)75)58-26(3)68)85-47-32(21-63)80-52(78)36(43(47)73)57-25(2)67/h15-17,19,31-50,52-56,62-66,71-76,78H,6-14,18,20-24H2,1-5H3,(H,57,67)(H,58,68)(H,59,69)(H,60,70)(H,61,77)/t31?,32?,33-,34-,35?,36-,37-,38?,39?,40-,41+,42+,43+,44?,45?,46+,47?,48+,49+,50?,52+,53?,54?,55?,56-/m0/s1. The largest absolute Gasteiger partial charge is 0.494 e. The second-order valence-corrected chi connectivity index (χ2v) is 22.6. The molecule has 5 fully saturated rings. The number of aliphatic hydroxyl groups excluding tert-OH is 12. The number of benzene rings is 1. The van der Waals surface area contributed by atoms with Crippen molar-refractivity contribution in [1.82, 2.24) is 26.6 Å². The fourth-order valence-corrected chi connectivity index (χ4v) is 11.4. The number of rotatable bonds is 30. The maximum absolute atomic E-state index is 13.9. The molecule has 1 aromatic carbocycles. The van der Waals surface area contributed by atoms with Gasteiger partial charge in [0.25, 0.3) is 5.91 Å². The van der Waals surface area contributed by atoms with Gasteiger partial charge in [0.05, 0.1) is 39.6 Å². The molecule has 1 aromatic rings. The molecule has 0 aliphatic carbocycles. The molecule has 0 saturated carbocycles. The highest BCUT2D eigenvalue weighted by molar-refractivity contribution is 5.94. The Hall–Kier alpha value is -4.47. The molecule has 32 nitrogen and oxygen atoms in total. The van der Waals surface area contributed by atoms with E-state index in [1.54, 1.807) is 12.1 Å². The first kappa shape index (κ1) is 72.6. The van der Waals surface area contributed by atoms with E-state index >= 15 is 0 Å². The highest BCUT2D eigenvalue weighted by atomic mass is 16.8. The van der Waals surface area contributed by atoms with Crippen LogP contribution in [-0.2, 0) is 61.8 Å². The van der Waals surface area contributed by atoms with E-state index in [2.05, 4.69) is 33.5 Å². The molecule has 5 aliphatic rings. The van der Waals surface area contributed by atoms with E-state index < -0.39 is 216 Å². The minimum absolute atomic E-state index is 0.0716. The zero-order valence-corrected chi connectivity index (χ0v) is 49.8. The van der Waals surface area contributed by atoms with Gasteiger partial charge in [-0.15, -0.1) is 0 Å². The fraction of sp³-hybridized carbons (Fsp3) is 0.804. The van der Waals surface area contributed by atoms with Gasteiger partial charge in [0.1, 0.15) is 128 Å². The van der Waals surface area contributed by atoms with Crippen LogP contribution < -0.4 is 31.3 Å². The van der Waals surface area contributed by atoms with E-state index in [4.69, 9.17) is 47.4 Å². The van der Waals surface area contributed by atoms with E-state index in [1.165, 1.54) is 44.2 Å². The second kappa shape index (κ2) is 34.8. The highest BCUT2D eigenvalue weighted by Crippen LogP contribution is 2.36. The lowest BCUT2D eigenvalue weighted by molar-refractivity contribution is -0.367. The third-order valence-electron chi connectivity index (χ3n) is 15.9. The normalized spacial score (nSPS) is 37.7. The van der Waals surface area contributed by atoms with Crippen LogP contribution in [0.25, 0.3) is 0 Å². The maximum atomic E-state index is 13.9. The number of unbranched alkanes of at least 4 members (excludes halogenated alkanes) is 8. The molecule has 88 heavy (non-hydrogen) atoms. The van der Waals surface area contributed by atoms with Crippen molar-refractivity contribution >= 4 is 29.5 Å². The molecular formula is C56H91N5O27. The molecular weight excluding hydrogens is 1170 g/mol. The molecule has 5 saturated heterocycles. The first-order valence-corrected chi connectivity index (χ1v) is 29.8. The van der Waals surface area contributed by atoms with Crippen molar-refractivity contribution in [3.8, 4) is 5.75 Å². The number of ether oxygens (including phenoxy) is 10. The summed E-state index contributed by atoms with van der Waals surface area (Å²) in [6.45, 7) is 2.10. The molecule has 12 unspecified atom stereocenters. The molecule has 32 heteroatoms. The van der Waals surface area contributed by atoms with E-state index in [1.807, 2.05) is 0 Å². The van der Waals surface area contributed by atoms with Crippen molar-refractivity contribution in [2.45, 2.75) is 246 Å². The number of aliphatic hydroxyl groups is 12. The van der Waals surface area contributed by atoms with Crippen molar-refractivity contribution in [2.75, 3.05) is 39.6 Å². The van der Waals surface area contributed by atoms with E-state index in [0.29, 0.717) is 12.4 Å². The Morgan fingerprint density at radius 2 is 0.761 bits per heavy atom. The molecule has 17 N–H and O–H groups in total. The van der Waals surface area contributed by atoms with Crippen LogP contribution in [0.5, 0.6) is 5.75 Å².